The number of carbonyl (C=O) groups is 1. The molecule has 6 heteroatoms. The highest BCUT2D eigenvalue weighted by atomic mass is 16.5. The number of hydrogen-bond acceptors (Lipinski definition) is 3. The summed E-state index contributed by atoms with van der Waals surface area (Å²) >= 11 is 0. The summed E-state index contributed by atoms with van der Waals surface area (Å²) in [6, 6.07) is 8.14. The van der Waals surface area contributed by atoms with Crippen LogP contribution in [-0.2, 0) is 29.5 Å². The molecular weight excluding hydrogens is 328 g/mol. The maximum atomic E-state index is 12.5. The molecule has 1 N–H and O–H groups in total. The number of fused-ring (bicyclic) bond motifs is 1. The first-order chi connectivity index (χ1) is 12.7. The van der Waals surface area contributed by atoms with Crippen molar-refractivity contribution < 1.29 is 9.53 Å². The van der Waals surface area contributed by atoms with E-state index in [2.05, 4.69) is 27.1 Å². The van der Waals surface area contributed by atoms with E-state index >= 15 is 0 Å². The Hall–Kier alpha value is -2.60. The maximum Gasteiger partial charge on any atom is 0.228 e. The van der Waals surface area contributed by atoms with Gasteiger partial charge in [0.05, 0.1) is 18.3 Å². The van der Waals surface area contributed by atoms with Crippen LogP contribution in [0.5, 0.6) is 0 Å². The fourth-order valence-electron chi connectivity index (χ4n) is 3.67. The molecule has 1 aliphatic heterocycles. The normalized spacial score (nSPS) is 15.4. The number of benzene rings is 1. The molecule has 1 aromatic carbocycles. The van der Waals surface area contributed by atoms with Crippen molar-refractivity contribution in [1.29, 1.82) is 0 Å². The first kappa shape index (κ1) is 16.8. The summed E-state index contributed by atoms with van der Waals surface area (Å²) in [5.74, 6) is 0.579. The number of carbonyl (C=O) groups excluding carboxylic acids is 1. The molecule has 1 amide bonds. The number of rotatable bonds is 5. The summed E-state index contributed by atoms with van der Waals surface area (Å²) in [5, 5.41) is 8.47. The molecule has 1 aliphatic rings. The predicted octanol–water partition coefficient (Wildman–Crippen LogP) is 2.98. The fourth-order valence-corrected chi connectivity index (χ4v) is 3.67. The van der Waals surface area contributed by atoms with Gasteiger partial charge in [-0.3, -0.25) is 9.48 Å². The van der Waals surface area contributed by atoms with Crippen LogP contribution in [0.2, 0.25) is 0 Å². The lowest BCUT2D eigenvalue weighted by molar-refractivity contribution is -0.115. The van der Waals surface area contributed by atoms with Crippen molar-refractivity contribution in [2.75, 3.05) is 18.5 Å². The molecule has 1 fully saturated rings. The Balaban J connectivity index is 1.38. The van der Waals surface area contributed by atoms with E-state index in [9.17, 15) is 4.79 Å². The monoisotopic (exact) mass is 352 g/mol. The molecule has 1 saturated heterocycles. The molecule has 0 spiro atoms. The van der Waals surface area contributed by atoms with Crippen LogP contribution < -0.4 is 5.32 Å². The van der Waals surface area contributed by atoms with Gasteiger partial charge in [-0.15, -0.1) is 0 Å². The van der Waals surface area contributed by atoms with Crippen molar-refractivity contribution in [3.05, 3.63) is 48.4 Å². The van der Waals surface area contributed by atoms with Gasteiger partial charge < -0.3 is 14.6 Å². The standard InChI is InChI=1S/C20H24N4O2/c1-23-13-16(18-4-2-3-5-19(18)23)10-20(25)22-17-11-21-24(14-17)12-15-6-8-26-9-7-15/h2-5,11,13-15H,6-10,12H2,1H3,(H,22,25). The van der Waals surface area contributed by atoms with E-state index in [-0.39, 0.29) is 5.91 Å². The van der Waals surface area contributed by atoms with Crippen LogP contribution in [0.3, 0.4) is 0 Å². The third kappa shape index (κ3) is 3.65. The van der Waals surface area contributed by atoms with Crippen LogP contribution in [0.15, 0.2) is 42.9 Å². The summed E-state index contributed by atoms with van der Waals surface area (Å²) < 4.78 is 9.38. The van der Waals surface area contributed by atoms with Crippen LogP contribution in [0.25, 0.3) is 10.9 Å². The molecule has 26 heavy (non-hydrogen) atoms. The van der Waals surface area contributed by atoms with Gasteiger partial charge in [-0.05, 0) is 30.4 Å². The minimum absolute atomic E-state index is 0.0213. The predicted molar refractivity (Wildman–Crippen MR) is 101 cm³/mol. The molecule has 0 saturated carbocycles. The highest BCUT2D eigenvalue weighted by molar-refractivity contribution is 5.95. The number of nitrogens with zero attached hydrogens (tertiary/aromatic N) is 3. The number of nitrogens with one attached hydrogen (secondary N) is 1. The SMILES string of the molecule is Cn1cc(CC(=O)Nc2cnn(CC3CCOCC3)c2)c2ccccc21. The van der Waals surface area contributed by atoms with Gasteiger partial charge >= 0.3 is 0 Å². The maximum absolute atomic E-state index is 12.5. The number of aromatic nitrogens is 3. The van der Waals surface area contributed by atoms with E-state index in [1.54, 1.807) is 6.20 Å². The lowest BCUT2D eigenvalue weighted by Crippen LogP contribution is -2.20. The van der Waals surface area contributed by atoms with Gasteiger partial charge in [0.15, 0.2) is 0 Å². The molecule has 6 nitrogen and oxygen atoms in total. The summed E-state index contributed by atoms with van der Waals surface area (Å²) in [6.45, 7) is 2.55. The van der Waals surface area contributed by atoms with Crippen molar-refractivity contribution in [1.82, 2.24) is 14.3 Å². The summed E-state index contributed by atoms with van der Waals surface area (Å²) in [5.41, 5.74) is 2.93. The minimum Gasteiger partial charge on any atom is -0.381 e. The molecule has 0 atom stereocenters. The number of amides is 1. The van der Waals surface area contributed by atoms with Crippen LogP contribution in [0.1, 0.15) is 18.4 Å². The zero-order valence-electron chi connectivity index (χ0n) is 15.0. The van der Waals surface area contributed by atoms with Gasteiger partial charge in [-0.2, -0.15) is 5.10 Å². The van der Waals surface area contributed by atoms with Gasteiger partial charge in [0.25, 0.3) is 0 Å². The summed E-state index contributed by atoms with van der Waals surface area (Å²) in [4.78, 5) is 12.5. The van der Waals surface area contributed by atoms with Crippen LogP contribution in [0.4, 0.5) is 5.69 Å². The van der Waals surface area contributed by atoms with E-state index in [0.717, 1.165) is 54.8 Å². The molecule has 2 aromatic heterocycles. The van der Waals surface area contributed by atoms with Crippen molar-refractivity contribution >= 4 is 22.5 Å². The summed E-state index contributed by atoms with van der Waals surface area (Å²) in [6.07, 6.45) is 8.16. The molecule has 0 aliphatic carbocycles. The highest BCUT2D eigenvalue weighted by Crippen LogP contribution is 2.21. The van der Waals surface area contributed by atoms with Crippen LogP contribution in [0, 0.1) is 5.92 Å². The number of anilines is 1. The zero-order chi connectivity index (χ0) is 17.9. The van der Waals surface area contributed by atoms with E-state index in [1.165, 1.54) is 0 Å². The Kier molecular flexibility index (Phi) is 4.75. The summed E-state index contributed by atoms with van der Waals surface area (Å²) in [7, 11) is 2.00. The van der Waals surface area contributed by atoms with Gasteiger partial charge in [0, 0.05) is 50.1 Å². The lowest BCUT2D eigenvalue weighted by Gasteiger charge is -2.21. The van der Waals surface area contributed by atoms with Gasteiger partial charge in [0.2, 0.25) is 5.91 Å². The number of aryl methyl sites for hydroxylation is 1. The fraction of sp³-hybridized carbons (Fsp3) is 0.400. The largest absolute Gasteiger partial charge is 0.381 e. The van der Waals surface area contributed by atoms with Crippen LogP contribution in [-0.4, -0.2) is 33.5 Å². The Morgan fingerprint density at radius 2 is 2.08 bits per heavy atom. The highest BCUT2D eigenvalue weighted by Gasteiger charge is 2.15. The second-order valence-electron chi connectivity index (χ2n) is 7.01. The van der Waals surface area contributed by atoms with Crippen molar-refractivity contribution in [2.24, 2.45) is 13.0 Å². The molecule has 0 unspecified atom stereocenters. The molecule has 3 aromatic rings. The van der Waals surface area contributed by atoms with E-state index in [4.69, 9.17) is 4.74 Å². The Labute approximate surface area is 152 Å². The van der Waals surface area contributed by atoms with E-state index in [0.29, 0.717) is 12.3 Å². The third-order valence-electron chi connectivity index (χ3n) is 5.03. The molecule has 0 bridgehead atoms. The molecular formula is C20H24N4O2. The molecule has 3 heterocycles. The molecule has 0 radical (unpaired) electrons. The van der Waals surface area contributed by atoms with Crippen molar-refractivity contribution in [3.8, 4) is 0 Å². The Bertz CT molecular complexity index is 906. The van der Waals surface area contributed by atoms with Crippen LogP contribution >= 0.6 is 0 Å². The first-order valence-electron chi connectivity index (χ1n) is 9.12. The second-order valence-corrected chi connectivity index (χ2v) is 7.01. The van der Waals surface area contributed by atoms with Gasteiger partial charge in [0.1, 0.15) is 0 Å². The first-order valence-corrected chi connectivity index (χ1v) is 9.12. The average molecular weight is 352 g/mol. The Morgan fingerprint density at radius 1 is 1.27 bits per heavy atom. The second kappa shape index (κ2) is 7.33. The van der Waals surface area contributed by atoms with E-state index < -0.39 is 0 Å². The topological polar surface area (TPSA) is 61.1 Å². The van der Waals surface area contributed by atoms with Crippen molar-refractivity contribution in [2.45, 2.75) is 25.8 Å². The lowest BCUT2D eigenvalue weighted by atomic mass is 10.0. The van der Waals surface area contributed by atoms with Gasteiger partial charge in [-0.25, -0.2) is 0 Å². The van der Waals surface area contributed by atoms with Crippen molar-refractivity contribution in [3.63, 3.8) is 0 Å². The number of para-hydroxylation sites is 1. The minimum atomic E-state index is -0.0213. The number of hydrogen-bond donors (Lipinski definition) is 1. The molecule has 4 rings (SSSR count). The van der Waals surface area contributed by atoms with E-state index in [1.807, 2.05) is 36.3 Å². The average Bonchev–Trinajstić information content (AvgIpc) is 3.21. The third-order valence-corrected chi connectivity index (χ3v) is 5.03. The number of ether oxygens (including phenoxy) is 1. The molecule has 136 valence electrons. The smallest absolute Gasteiger partial charge is 0.228 e. The van der Waals surface area contributed by atoms with Gasteiger partial charge in [-0.1, -0.05) is 18.2 Å². The zero-order valence-corrected chi connectivity index (χ0v) is 15.0. The Morgan fingerprint density at radius 3 is 2.92 bits per heavy atom. The quantitative estimate of drug-likeness (QED) is 0.768.